The molecule has 4 bridgehead atoms. The van der Waals surface area contributed by atoms with E-state index in [1.165, 1.54) is 14.0 Å². The standard InChI is InChI=1S/C22H26O8/c1-10(23)29-20-5-4-12-19(7-20,8-21(20)9-27-21)13(16(24)26-3)14-18(2)15-11(28-15)6-22(12,14)30-17(18)25/h11-15H,4-9H2,1-3H3/t11-,12?,13?,14?,15-,18-,19-,20+,21+,22-/m1/s1. The van der Waals surface area contributed by atoms with Crippen molar-refractivity contribution in [2.75, 3.05) is 13.7 Å². The molecular formula is C22H26O8. The topological polar surface area (TPSA) is 104 Å². The summed E-state index contributed by atoms with van der Waals surface area (Å²) in [6, 6.07) is 0. The molecule has 8 nitrogen and oxygen atoms in total. The highest BCUT2D eigenvalue weighted by Crippen LogP contribution is 2.82. The highest BCUT2D eigenvalue weighted by Gasteiger charge is 2.91. The van der Waals surface area contributed by atoms with E-state index in [0.29, 0.717) is 32.3 Å². The van der Waals surface area contributed by atoms with E-state index >= 15 is 0 Å². The minimum absolute atomic E-state index is 0.00211. The Labute approximate surface area is 173 Å². The van der Waals surface area contributed by atoms with Gasteiger partial charge in [-0.25, -0.2) is 0 Å². The van der Waals surface area contributed by atoms with E-state index < -0.39 is 33.6 Å². The van der Waals surface area contributed by atoms with Crippen LogP contribution in [0.3, 0.4) is 0 Å². The molecule has 0 amide bonds. The summed E-state index contributed by atoms with van der Waals surface area (Å²) in [5, 5.41) is 0. The summed E-state index contributed by atoms with van der Waals surface area (Å²) in [5.41, 5.74) is -3.29. The lowest BCUT2D eigenvalue weighted by Gasteiger charge is -2.46. The van der Waals surface area contributed by atoms with Gasteiger partial charge in [0.2, 0.25) is 0 Å². The smallest absolute Gasteiger partial charge is 0.315 e. The SMILES string of the molecule is COC(=O)C1C2[C@@]3(C[C@H]4O[C@H]4[C@]2(C)C(=O)O3)C2CC[C@]3(OC(C)=O)C[C@]12C[C@]31CO1. The van der Waals surface area contributed by atoms with Crippen LogP contribution in [0.25, 0.3) is 0 Å². The highest BCUT2D eigenvalue weighted by atomic mass is 16.6. The summed E-state index contributed by atoms with van der Waals surface area (Å²) in [4.78, 5) is 38.6. The lowest BCUT2D eigenvalue weighted by atomic mass is 9.60. The van der Waals surface area contributed by atoms with Crippen molar-refractivity contribution < 1.29 is 38.1 Å². The van der Waals surface area contributed by atoms with Crippen LogP contribution in [0.1, 0.15) is 46.0 Å². The number of esters is 3. The van der Waals surface area contributed by atoms with Gasteiger partial charge in [-0.15, -0.1) is 0 Å². The predicted molar refractivity (Wildman–Crippen MR) is 96.8 cm³/mol. The van der Waals surface area contributed by atoms with Crippen molar-refractivity contribution in [1.29, 1.82) is 0 Å². The van der Waals surface area contributed by atoms with Crippen molar-refractivity contribution in [3.63, 3.8) is 0 Å². The first-order valence-corrected chi connectivity index (χ1v) is 11.0. The Balaban J connectivity index is 1.43. The zero-order valence-corrected chi connectivity index (χ0v) is 17.4. The van der Waals surface area contributed by atoms with Crippen molar-refractivity contribution >= 4 is 17.9 Å². The minimum atomic E-state index is -0.849. The van der Waals surface area contributed by atoms with E-state index in [9.17, 15) is 14.4 Å². The molecule has 3 unspecified atom stereocenters. The van der Waals surface area contributed by atoms with Crippen LogP contribution in [0.15, 0.2) is 0 Å². The van der Waals surface area contributed by atoms with E-state index in [4.69, 9.17) is 23.7 Å². The van der Waals surface area contributed by atoms with Crippen molar-refractivity contribution in [3.05, 3.63) is 0 Å². The Bertz CT molecular complexity index is 926. The van der Waals surface area contributed by atoms with Gasteiger partial charge in [0.05, 0.1) is 25.7 Å². The summed E-state index contributed by atoms with van der Waals surface area (Å²) >= 11 is 0. The Morgan fingerprint density at radius 3 is 2.67 bits per heavy atom. The third-order valence-corrected chi connectivity index (χ3v) is 10.0. The van der Waals surface area contributed by atoms with E-state index in [0.717, 1.165) is 6.42 Å². The second-order valence-corrected chi connectivity index (χ2v) is 11.0. The average Bonchev–Trinajstić information content (AvgIpc) is 3.56. The zero-order chi connectivity index (χ0) is 20.9. The Morgan fingerprint density at radius 2 is 2.00 bits per heavy atom. The zero-order valence-electron chi connectivity index (χ0n) is 17.4. The van der Waals surface area contributed by atoms with Crippen molar-refractivity contribution in [2.45, 2.75) is 75.0 Å². The van der Waals surface area contributed by atoms with Gasteiger partial charge < -0.3 is 23.7 Å². The van der Waals surface area contributed by atoms with Crippen LogP contribution in [0, 0.1) is 28.6 Å². The van der Waals surface area contributed by atoms with Crippen LogP contribution in [0.2, 0.25) is 0 Å². The molecule has 3 aliphatic heterocycles. The maximum absolute atomic E-state index is 13.4. The molecule has 7 fully saturated rings. The monoisotopic (exact) mass is 418 g/mol. The van der Waals surface area contributed by atoms with Gasteiger partial charge in [0.25, 0.3) is 0 Å². The van der Waals surface area contributed by atoms with Crippen LogP contribution in [-0.2, 0) is 38.1 Å². The number of hydrogen-bond donors (Lipinski definition) is 0. The average molecular weight is 418 g/mol. The number of methoxy groups -OCH3 is 1. The fraction of sp³-hybridized carbons (Fsp3) is 0.864. The van der Waals surface area contributed by atoms with E-state index in [1.807, 2.05) is 6.92 Å². The van der Waals surface area contributed by atoms with Gasteiger partial charge in [-0.3, -0.25) is 14.4 Å². The molecule has 7 aliphatic rings. The first-order valence-electron chi connectivity index (χ1n) is 11.0. The molecule has 162 valence electrons. The molecule has 3 saturated heterocycles. The maximum atomic E-state index is 13.4. The first-order chi connectivity index (χ1) is 14.2. The molecule has 0 radical (unpaired) electrons. The number of ether oxygens (including phenoxy) is 5. The molecular weight excluding hydrogens is 392 g/mol. The molecule has 0 aromatic rings. The lowest BCUT2D eigenvalue weighted by molar-refractivity contribution is -0.175. The third-order valence-electron chi connectivity index (χ3n) is 10.0. The summed E-state index contributed by atoms with van der Waals surface area (Å²) < 4.78 is 29.5. The molecule has 30 heavy (non-hydrogen) atoms. The van der Waals surface area contributed by atoms with Crippen molar-refractivity contribution in [2.24, 2.45) is 28.6 Å². The van der Waals surface area contributed by atoms with Gasteiger partial charge in [0.15, 0.2) is 0 Å². The number of fused-ring (bicyclic) bond motifs is 4. The lowest BCUT2D eigenvalue weighted by Crippen LogP contribution is -2.51. The number of carbonyl (C=O) groups is 3. The van der Waals surface area contributed by atoms with Crippen molar-refractivity contribution in [3.8, 4) is 0 Å². The van der Waals surface area contributed by atoms with E-state index in [1.54, 1.807) is 0 Å². The highest BCUT2D eigenvalue weighted by molar-refractivity contribution is 5.86. The Morgan fingerprint density at radius 1 is 1.23 bits per heavy atom. The maximum Gasteiger partial charge on any atom is 0.315 e. The molecule has 7 rings (SSSR count). The molecule has 0 aromatic carbocycles. The largest absolute Gasteiger partial charge is 0.469 e. The van der Waals surface area contributed by atoms with Crippen LogP contribution in [-0.4, -0.2) is 60.6 Å². The quantitative estimate of drug-likeness (QED) is 0.374. The summed E-state index contributed by atoms with van der Waals surface area (Å²) in [6.07, 6.45) is 3.04. The van der Waals surface area contributed by atoms with Gasteiger partial charge in [0, 0.05) is 25.2 Å². The van der Waals surface area contributed by atoms with Gasteiger partial charge in [0.1, 0.15) is 28.3 Å². The number of rotatable bonds is 2. The molecule has 2 spiro atoms. The summed E-state index contributed by atoms with van der Waals surface area (Å²) in [7, 11) is 1.41. The molecule has 3 heterocycles. The number of hydrogen-bond acceptors (Lipinski definition) is 8. The fourth-order valence-corrected chi connectivity index (χ4v) is 9.22. The third kappa shape index (κ3) is 1.58. The molecule has 4 aliphatic carbocycles. The van der Waals surface area contributed by atoms with Crippen LogP contribution in [0.4, 0.5) is 0 Å². The second-order valence-electron chi connectivity index (χ2n) is 11.0. The molecule has 0 aromatic heterocycles. The predicted octanol–water partition coefficient (Wildman–Crippen LogP) is 1.14. The first kappa shape index (κ1) is 18.0. The van der Waals surface area contributed by atoms with Gasteiger partial charge in [-0.2, -0.15) is 0 Å². The van der Waals surface area contributed by atoms with Crippen molar-refractivity contribution in [1.82, 2.24) is 0 Å². The fourth-order valence-electron chi connectivity index (χ4n) is 9.22. The van der Waals surface area contributed by atoms with Crippen LogP contribution in [0.5, 0.6) is 0 Å². The van der Waals surface area contributed by atoms with Gasteiger partial charge >= 0.3 is 17.9 Å². The molecule has 10 atom stereocenters. The molecule has 0 N–H and O–H groups in total. The van der Waals surface area contributed by atoms with Gasteiger partial charge in [-0.1, -0.05) is 0 Å². The Hall–Kier alpha value is -1.67. The summed E-state index contributed by atoms with van der Waals surface area (Å²) in [5.74, 6) is -1.66. The normalized spacial score (nSPS) is 60.4. The van der Waals surface area contributed by atoms with Crippen LogP contribution >= 0.6 is 0 Å². The Kier molecular flexibility index (Phi) is 2.83. The molecule has 8 heteroatoms. The molecule has 4 saturated carbocycles. The van der Waals surface area contributed by atoms with E-state index in [-0.39, 0.29) is 42.0 Å². The minimum Gasteiger partial charge on any atom is -0.469 e. The number of carbonyl (C=O) groups excluding carboxylic acids is 3. The van der Waals surface area contributed by atoms with Crippen LogP contribution < -0.4 is 0 Å². The second kappa shape index (κ2) is 4.72. The number of epoxide rings is 2. The summed E-state index contributed by atoms with van der Waals surface area (Å²) in [6.45, 7) is 3.88. The van der Waals surface area contributed by atoms with Gasteiger partial charge in [-0.05, 0) is 38.0 Å². The van der Waals surface area contributed by atoms with E-state index in [2.05, 4.69) is 0 Å².